The Morgan fingerprint density at radius 3 is 2.91 bits per heavy atom. The molecule has 3 aromatic rings. The molecule has 1 aliphatic rings. The van der Waals surface area contributed by atoms with Gasteiger partial charge in [-0.05, 0) is 37.8 Å². The van der Waals surface area contributed by atoms with Crippen LogP contribution in [-0.4, -0.2) is 61.6 Å². The number of halogens is 1. The highest BCUT2D eigenvalue weighted by Gasteiger charge is 2.30. The van der Waals surface area contributed by atoms with Crippen molar-refractivity contribution in [1.29, 1.82) is 0 Å². The van der Waals surface area contributed by atoms with Crippen LogP contribution in [0, 0.1) is 18.7 Å². The van der Waals surface area contributed by atoms with Gasteiger partial charge in [0.15, 0.2) is 11.3 Å². The predicted molar refractivity (Wildman–Crippen MR) is 116 cm³/mol. The lowest BCUT2D eigenvalue weighted by Gasteiger charge is -2.18. The Labute approximate surface area is 186 Å². The predicted octanol–water partition coefficient (Wildman–Crippen LogP) is 2.83. The van der Waals surface area contributed by atoms with Crippen LogP contribution in [0.2, 0.25) is 0 Å². The van der Waals surface area contributed by atoms with Crippen molar-refractivity contribution in [3.8, 4) is 0 Å². The zero-order valence-corrected chi connectivity index (χ0v) is 18.3. The van der Waals surface area contributed by atoms with Crippen LogP contribution in [0.1, 0.15) is 40.4 Å². The van der Waals surface area contributed by atoms with Crippen molar-refractivity contribution in [1.82, 2.24) is 30.2 Å². The van der Waals surface area contributed by atoms with E-state index in [-0.39, 0.29) is 29.5 Å². The largest absolute Gasteiger partial charge is 0.465 e. The first-order valence-corrected chi connectivity index (χ1v) is 10.9. The molecule has 10 nitrogen and oxygen atoms in total. The minimum atomic E-state index is -1.08. The molecule has 0 spiro atoms. The van der Waals surface area contributed by atoms with E-state index < -0.39 is 11.9 Å². The van der Waals surface area contributed by atoms with Gasteiger partial charge >= 0.3 is 6.09 Å². The highest BCUT2D eigenvalue weighted by Crippen LogP contribution is 2.28. The number of fused-ring (bicyclic) bond motifs is 1. The SMILES string of the molecule is Cc1nc2nc(NC(C)c3cncc(F)c3)nc(C(=O)N3CC[C@@H](CNC(=O)O)C3)c2s1. The lowest BCUT2D eigenvalue weighted by molar-refractivity contribution is 0.0784. The fourth-order valence-electron chi connectivity index (χ4n) is 3.64. The molecule has 0 radical (unpaired) electrons. The van der Waals surface area contributed by atoms with Gasteiger partial charge in [0.1, 0.15) is 10.5 Å². The van der Waals surface area contributed by atoms with Crippen LogP contribution in [0.3, 0.4) is 0 Å². The van der Waals surface area contributed by atoms with Gasteiger partial charge in [0.25, 0.3) is 5.91 Å². The van der Waals surface area contributed by atoms with Gasteiger partial charge in [0.05, 0.1) is 17.2 Å². The molecule has 0 bridgehead atoms. The lowest BCUT2D eigenvalue weighted by atomic mass is 10.1. The first kappa shape index (κ1) is 21.8. The summed E-state index contributed by atoms with van der Waals surface area (Å²) in [5.41, 5.74) is 1.28. The van der Waals surface area contributed by atoms with E-state index in [1.165, 1.54) is 17.4 Å². The molecular weight excluding hydrogens is 437 g/mol. The normalized spacial score (nSPS) is 16.8. The molecule has 3 N–H and O–H groups in total. The van der Waals surface area contributed by atoms with E-state index in [4.69, 9.17) is 5.11 Å². The van der Waals surface area contributed by atoms with Crippen molar-refractivity contribution in [3.05, 3.63) is 40.5 Å². The standard InChI is InChI=1S/C20H22FN7O3S/c1-10(13-5-14(21)8-22-7-13)24-19-26-15(16-17(27-19)25-11(2)32-16)18(29)28-4-3-12(9-28)6-23-20(30)31/h5,7-8,10,12,23H,3-4,6,9H2,1-2H3,(H,30,31)(H,24,26,27)/t10?,12-/m0/s1. The molecule has 1 unspecified atom stereocenters. The van der Waals surface area contributed by atoms with Crippen LogP contribution >= 0.6 is 11.3 Å². The summed E-state index contributed by atoms with van der Waals surface area (Å²) < 4.78 is 14.1. The number of rotatable bonds is 6. The molecule has 4 rings (SSSR count). The second-order valence-electron chi connectivity index (χ2n) is 7.68. The van der Waals surface area contributed by atoms with Crippen molar-refractivity contribution in [2.75, 3.05) is 25.0 Å². The van der Waals surface area contributed by atoms with Crippen molar-refractivity contribution >= 4 is 39.6 Å². The smallest absolute Gasteiger partial charge is 0.404 e. The highest BCUT2D eigenvalue weighted by atomic mass is 32.1. The van der Waals surface area contributed by atoms with E-state index in [1.54, 1.807) is 11.1 Å². The van der Waals surface area contributed by atoms with Gasteiger partial charge in [-0.3, -0.25) is 9.78 Å². The van der Waals surface area contributed by atoms with Gasteiger partial charge < -0.3 is 20.6 Å². The highest BCUT2D eigenvalue weighted by molar-refractivity contribution is 7.18. The number of aromatic nitrogens is 4. The van der Waals surface area contributed by atoms with Crippen LogP contribution < -0.4 is 10.6 Å². The zero-order valence-electron chi connectivity index (χ0n) is 17.5. The van der Waals surface area contributed by atoms with Crippen LogP contribution in [0.15, 0.2) is 18.5 Å². The Hall–Kier alpha value is -3.41. The number of carbonyl (C=O) groups excluding carboxylic acids is 1. The van der Waals surface area contributed by atoms with E-state index in [9.17, 15) is 14.0 Å². The number of carboxylic acid groups (broad SMARTS) is 1. The van der Waals surface area contributed by atoms with Crippen LogP contribution in [-0.2, 0) is 0 Å². The van der Waals surface area contributed by atoms with E-state index in [2.05, 4.69) is 30.6 Å². The molecule has 1 saturated heterocycles. The summed E-state index contributed by atoms with van der Waals surface area (Å²) in [7, 11) is 0. The van der Waals surface area contributed by atoms with Gasteiger partial charge in [0, 0.05) is 25.8 Å². The molecule has 0 saturated carbocycles. The number of hydrogen-bond acceptors (Lipinski definition) is 8. The summed E-state index contributed by atoms with van der Waals surface area (Å²) in [6.07, 6.45) is 2.30. The Morgan fingerprint density at radius 1 is 1.34 bits per heavy atom. The minimum Gasteiger partial charge on any atom is -0.465 e. The van der Waals surface area contributed by atoms with Gasteiger partial charge in [-0.1, -0.05) is 0 Å². The average molecular weight is 460 g/mol. The van der Waals surface area contributed by atoms with Crippen molar-refractivity contribution in [2.24, 2.45) is 5.92 Å². The number of nitrogens with zero attached hydrogens (tertiary/aromatic N) is 5. The summed E-state index contributed by atoms with van der Waals surface area (Å²) in [6, 6.07) is 1.02. The molecule has 4 heterocycles. The number of anilines is 1. The number of amides is 2. The summed E-state index contributed by atoms with van der Waals surface area (Å²) in [5, 5.41) is 15.0. The molecule has 0 aromatic carbocycles. The molecule has 2 amide bonds. The maximum Gasteiger partial charge on any atom is 0.404 e. The Morgan fingerprint density at radius 2 is 2.16 bits per heavy atom. The first-order chi connectivity index (χ1) is 15.3. The maximum atomic E-state index is 13.5. The molecule has 32 heavy (non-hydrogen) atoms. The molecule has 0 aliphatic carbocycles. The molecule has 2 atom stereocenters. The van der Waals surface area contributed by atoms with Crippen molar-refractivity contribution in [2.45, 2.75) is 26.3 Å². The fourth-order valence-corrected chi connectivity index (χ4v) is 4.48. The monoisotopic (exact) mass is 459 g/mol. The van der Waals surface area contributed by atoms with Crippen LogP contribution in [0.5, 0.6) is 0 Å². The molecule has 3 aromatic heterocycles. The molecule has 1 aliphatic heterocycles. The molecule has 12 heteroatoms. The third kappa shape index (κ3) is 4.74. The van der Waals surface area contributed by atoms with E-state index >= 15 is 0 Å². The summed E-state index contributed by atoms with van der Waals surface area (Å²) in [5.74, 6) is -0.429. The van der Waals surface area contributed by atoms with Crippen molar-refractivity contribution in [3.63, 3.8) is 0 Å². The Balaban J connectivity index is 1.58. The maximum absolute atomic E-state index is 13.5. The number of likely N-dealkylation sites (tertiary alicyclic amines) is 1. The molecule has 1 fully saturated rings. The third-order valence-corrected chi connectivity index (χ3v) is 6.22. The third-order valence-electron chi connectivity index (χ3n) is 5.25. The van der Waals surface area contributed by atoms with Gasteiger partial charge in [-0.2, -0.15) is 4.98 Å². The lowest BCUT2D eigenvalue weighted by Crippen LogP contribution is -2.33. The Bertz CT molecular complexity index is 1170. The van der Waals surface area contributed by atoms with E-state index in [1.807, 2.05) is 13.8 Å². The van der Waals surface area contributed by atoms with Crippen LogP contribution in [0.25, 0.3) is 10.3 Å². The summed E-state index contributed by atoms with van der Waals surface area (Å²) in [6.45, 7) is 4.90. The first-order valence-electron chi connectivity index (χ1n) is 10.1. The Kier molecular flexibility index (Phi) is 6.12. The van der Waals surface area contributed by atoms with Gasteiger partial charge in [-0.15, -0.1) is 11.3 Å². The summed E-state index contributed by atoms with van der Waals surface area (Å²) in [4.78, 5) is 42.9. The average Bonchev–Trinajstić information content (AvgIpc) is 3.37. The zero-order chi connectivity index (χ0) is 22.8. The topological polar surface area (TPSA) is 133 Å². The van der Waals surface area contributed by atoms with Gasteiger partial charge in [0.2, 0.25) is 5.95 Å². The number of thiazole rings is 1. The van der Waals surface area contributed by atoms with Crippen LogP contribution in [0.4, 0.5) is 15.1 Å². The van der Waals surface area contributed by atoms with Gasteiger partial charge in [-0.25, -0.2) is 19.2 Å². The second-order valence-corrected chi connectivity index (χ2v) is 8.88. The van der Waals surface area contributed by atoms with Crippen molar-refractivity contribution < 1.29 is 19.1 Å². The summed E-state index contributed by atoms with van der Waals surface area (Å²) >= 11 is 1.35. The molecular formula is C20H22FN7O3S. The number of pyridine rings is 1. The quantitative estimate of drug-likeness (QED) is 0.512. The molecule has 168 valence electrons. The number of nitrogens with one attached hydrogen (secondary N) is 2. The second kappa shape index (κ2) is 8.99. The number of carbonyl (C=O) groups is 2. The fraction of sp³-hybridized carbons (Fsp3) is 0.400. The number of aryl methyl sites for hydroxylation is 1. The van der Waals surface area contributed by atoms with E-state index in [0.29, 0.717) is 42.0 Å². The van der Waals surface area contributed by atoms with E-state index in [0.717, 1.165) is 11.2 Å². The number of hydrogen-bond donors (Lipinski definition) is 3. The minimum absolute atomic E-state index is 0.0497.